The van der Waals surface area contributed by atoms with Gasteiger partial charge in [0.05, 0.1) is 0 Å². The summed E-state index contributed by atoms with van der Waals surface area (Å²) in [4.78, 5) is 4.72. The van der Waals surface area contributed by atoms with E-state index < -0.39 is 0 Å². The Balaban J connectivity index is 1.58. The summed E-state index contributed by atoms with van der Waals surface area (Å²) in [5, 5.41) is 7.93. The first-order valence-electron chi connectivity index (χ1n) is 8.92. The number of hydrogen-bond donors (Lipinski definition) is 1. The van der Waals surface area contributed by atoms with Crippen LogP contribution in [0.2, 0.25) is 0 Å². The van der Waals surface area contributed by atoms with Gasteiger partial charge in [0.2, 0.25) is 5.89 Å². The third-order valence-electron chi connectivity index (χ3n) is 4.95. The fourth-order valence-corrected chi connectivity index (χ4v) is 3.48. The van der Waals surface area contributed by atoms with Gasteiger partial charge in [0.1, 0.15) is 0 Å². The molecule has 4 heteroatoms. The van der Waals surface area contributed by atoms with Gasteiger partial charge >= 0.3 is 0 Å². The van der Waals surface area contributed by atoms with Crippen molar-refractivity contribution in [3.63, 3.8) is 0 Å². The summed E-state index contributed by atoms with van der Waals surface area (Å²) in [7, 11) is 0. The molecule has 2 aliphatic carbocycles. The van der Waals surface area contributed by atoms with Gasteiger partial charge < -0.3 is 9.84 Å². The van der Waals surface area contributed by atoms with Crippen LogP contribution >= 0.6 is 0 Å². The van der Waals surface area contributed by atoms with Crippen molar-refractivity contribution in [3.8, 4) is 0 Å². The van der Waals surface area contributed by atoms with E-state index in [0.29, 0.717) is 12.0 Å². The van der Waals surface area contributed by atoms with Crippen LogP contribution in [0.5, 0.6) is 0 Å². The minimum absolute atomic E-state index is 0.535. The first kappa shape index (κ1) is 15.0. The van der Waals surface area contributed by atoms with Crippen LogP contribution in [-0.2, 0) is 6.42 Å². The highest BCUT2D eigenvalue weighted by Gasteiger charge is 2.32. The van der Waals surface area contributed by atoms with Crippen molar-refractivity contribution in [2.75, 3.05) is 6.54 Å². The Bertz CT molecular complexity index is 419. The Morgan fingerprint density at radius 2 is 1.90 bits per heavy atom. The molecule has 2 saturated carbocycles. The molecule has 3 rings (SSSR count). The van der Waals surface area contributed by atoms with E-state index in [4.69, 9.17) is 9.51 Å². The smallest absolute Gasteiger partial charge is 0.228 e. The maximum Gasteiger partial charge on any atom is 0.228 e. The number of nitrogens with one attached hydrogen (secondary N) is 1. The van der Waals surface area contributed by atoms with Crippen molar-refractivity contribution >= 4 is 0 Å². The fraction of sp³-hybridized carbons (Fsp3) is 0.882. The molecule has 1 atom stereocenters. The predicted octanol–water partition coefficient (Wildman–Crippen LogP) is 3.83. The van der Waals surface area contributed by atoms with Crippen molar-refractivity contribution in [2.45, 2.75) is 83.1 Å². The summed E-state index contributed by atoms with van der Waals surface area (Å²) >= 11 is 0. The van der Waals surface area contributed by atoms with Crippen LogP contribution in [0, 0.1) is 5.92 Å². The van der Waals surface area contributed by atoms with E-state index in [2.05, 4.69) is 17.4 Å². The largest absolute Gasteiger partial charge is 0.339 e. The molecule has 118 valence electrons. The third kappa shape index (κ3) is 4.29. The molecule has 4 nitrogen and oxygen atoms in total. The van der Waals surface area contributed by atoms with Crippen LogP contribution < -0.4 is 5.32 Å². The second-order valence-corrected chi connectivity index (χ2v) is 6.84. The van der Waals surface area contributed by atoms with Crippen LogP contribution in [0.4, 0.5) is 0 Å². The van der Waals surface area contributed by atoms with Crippen molar-refractivity contribution < 1.29 is 4.52 Å². The van der Waals surface area contributed by atoms with E-state index in [1.807, 2.05) is 0 Å². The molecule has 0 aliphatic heterocycles. The van der Waals surface area contributed by atoms with Crippen LogP contribution in [0.15, 0.2) is 4.52 Å². The molecule has 1 N–H and O–H groups in total. The summed E-state index contributed by atoms with van der Waals surface area (Å²) in [6.07, 6.45) is 12.6. The first-order chi connectivity index (χ1) is 10.4. The van der Waals surface area contributed by atoms with Gasteiger partial charge in [0, 0.05) is 18.4 Å². The van der Waals surface area contributed by atoms with E-state index in [1.165, 1.54) is 57.8 Å². The Kier molecular flexibility index (Phi) is 5.28. The van der Waals surface area contributed by atoms with E-state index in [-0.39, 0.29) is 0 Å². The van der Waals surface area contributed by atoms with E-state index in [9.17, 15) is 0 Å². The molecule has 1 heterocycles. The number of hydrogen-bond acceptors (Lipinski definition) is 4. The van der Waals surface area contributed by atoms with Gasteiger partial charge in [-0.15, -0.1) is 0 Å². The lowest BCUT2D eigenvalue weighted by Crippen LogP contribution is -2.33. The highest BCUT2D eigenvalue weighted by atomic mass is 16.5. The summed E-state index contributed by atoms with van der Waals surface area (Å²) in [5.74, 6) is 3.17. The van der Waals surface area contributed by atoms with E-state index >= 15 is 0 Å². The Morgan fingerprint density at radius 1 is 1.14 bits per heavy atom. The van der Waals surface area contributed by atoms with Crippen molar-refractivity contribution in [1.82, 2.24) is 15.5 Å². The lowest BCUT2D eigenvalue weighted by Gasteiger charge is -2.15. The number of rotatable bonds is 7. The summed E-state index contributed by atoms with van der Waals surface area (Å²) < 4.78 is 5.55. The predicted molar refractivity (Wildman–Crippen MR) is 83.3 cm³/mol. The SMILES string of the molecule is CCCNC(Cc1nc(C2CCCCCC2)no1)C1CC1. The molecular formula is C17H29N3O. The normalized spacial score (nSPS) is 22.1. The number of aromatic nitrogens is 2. The molecule has 2 fully saturated rings. The maximum absolute atomic E-state index is 5.55. The van der Waals surface area contributed by atoms with Crippen LogP contribution in [0.1, 0.15) is 82.3 Å². The highest BCUT2D eigenvalue weighted by molar-refractivity contribution is 4.99. The van der Waals surface area contributed by atoms with Crippen LogP contribution in [0.3, 0.4) is 0 Å². The zero-order chi connectivity index (χ0) is 14.5. The minimum Gasteiger partial charge on any atom is -0.339 e. The van der Waals surface area contributed by atoms with Crippen molar-refractivity contribution in [1.29, 1.82) is 0 Å². The van der Waals surface area contributed by atoms with Crippen LogP contribution in [-0.4, -0.2) is 22.7 Å². The average Bonchev–Trinajstić information content (AvgIpc) is 3.29. The molecule has 0 radical (unpaired) electrons. The molecule has 0 aromatic carbocycles. The fourth-order valence-electron chi connectivity index (χ4n) is 3.48. The lowest BCUT2D eigenvalue weighted by atomic mass is 10.00. The molecular weight excluding hydrogens is 262 g/mol. The average molecular weight is 291 g/mol. The molecule has 0 amide bonds. The second-order valence-electron chi connectivity index (χ2n) is 6.84. The molecule has 0 saturated heterocycles. The van der Waals surface area contributed by atoms with Gasteiger partial charge in [0.15, 0.2) is 5.82 Å². The number of nitrogens with zero attached hydrogens (tertiary/aromatic N) is 2. The van der Waals surface area contributed by atoms with Gasteiger partial charge in [-0.2, -0.15) is 4.98 Å². The molecule has 21 heavy (non-hydrogen) atoms. The third-order valence-corrected chi connectivity index (χ3v) is 4.95. The summed E-state index contributed by atoms with van der Waals surface area (Å²) in [6, 6.07) is 0.535. The molecule has 1 unspecified atom stereocenters. The molecule has 0 spiro atoms. The molecule has 0 bridgehead atoms. The topological polar surface area (TPSA) is 51.0 Å². The van der Waals surface area contributed by atoms with Gasteiger partial charge in [-0.3, -0.25) is 0 Å². The summed E-state index contributed by atoms with van der Waals surface area (Å²) in [6.45, 7) is 3.30. The summed E-state index contributed by atoms with van der Waals surface area (Å²) in [5.41, 5.74) is 0. The molecule has 1 aromatic heterocycles. The van der Waals surface area contributed by atoms with E-state index in [1.54, 1.807) is 0 Å². The van der Waals surface area contributed by atoms with Gasteiger partial charge in [0.25, 0.3) is 0 Å². The van der Waals surface area contributed by atoms with Crippen LogP contribution in [0.25, 0.3) is 0 Å². The van der Waals surface area contributed by atoms with Crippen molar-refractivity contribution in [2.24, 2.45) is 5.92 Å². The zero-order valence-corrected chi connectivity index (χ0v) is 13.3. The lowest BCUT2D eigenvalue weighted by molar-refractivity contribution is 0.340. The Morgan fingerprint density at radius 3 is 2.57 bits per heavy atom. The maximum atomic E-state index is 5.55. The van der Waals surface area contributed by atoms with Gasteiger partial charge in [-0.1, -0.05) is 37.8 Å². The second kappa shape index (κ2) is 7.39. The first-order valence-corrected chi connectivity index (χ1v) is 8.92. The quantitative estimate of drug-likeness (QED) is 0.776. The Hall–Kier alpha value is -0.900. The Labute approximate surface area is 128 Å². The zero-order valence-electron chi connectivity index (χ0n) is 13.3. The van der Waals surface area contributed by atoms with E-state index in [0.717, 1.165) is 30.6 Å². The van der Waals surface area contributed by atoms with Gasteiger partial charge in [-0.05, 0) is 44.6 Å². The van der Waals surface area contributed by atoms with Gasteiger partial charge in [-0.25, -0.2) is 0 Å². The molecule has 1 aromatic rings. The minimum atomic E-state index is 0.535. The monoisotopic (exact) mass is 291 g/mol. The standard InChI is InChI=1S/C17H29N3O/c1-2-11-18-15(13-9-10-13)12-16-19-17(20-21-16)14-7-5-3-4-6-8-14/h13-15,18H,2-12H2,1H3. The molecule has 2 aliphatic rings. The highest BCUT2D eigenvalue weighted by Crippen LogP contribution is 2.34. The van der Waals surface area contributed by atoms with Crippen molar-refractivity contribution in [3.05, 3.63) is 11.7 Å².